The summed E-state index contributed by atoms with van der Waals surface area (Å²) < 4.78 is 20.8. The van der Waals surface area contributed by atoms with Crippen LogP contribution in [0.15, 0.2) is 59.1 Å². The molecular weight excluding hydrogens is 479 g/mol. The van der Waals surface area contributed by atoms with Crippen molar-refractivity contribution in [3.8, 4) is 0 Å². The summed E-state index contributed by atoms with van der Waals surface area (Å²) in [6.45, 7) is 3.08. The number of rotatable bonds is 7. The van der Waals surface area contributed by atoms with Gasteiger partial charge in [-0.2, -0.15) is 5.10 Å². The Labute approximate surface area is 212 Å². The van der Waals surface area contributed by atoms with E-state index in [1.165, 1.54) is 41.6 Å². The molecule has 2 N–H and O–H groups in total. The van der Waals surface area contributed by atoms with Crippen LogP contribution < -0.4 is 0 Å². The molecular formula is C27H29FN4O5. The smallest absolute Gasteiger partial charge is 0.328 e. The van der Waals surface area contributed by atoms with Gasteiger partial charge in [-0.05, 0) is 64.0 Å². The van der Waals surface area contributed by atoms with Crippen molar-refractivity contribution in [3.63, 3.8) is 0 Å². The number of aliphatic carboxylic acids is 2. The molecule has 37 heavy (non-hydrogen) atoms. The van der Waals surface area contributed by atoms with Crippen LogP contribution in [0, 0.1) is 5.82 Å². The number of hydrogen-bond donors (Lipinski definition) is 2. The number of aryl methyl sites for hydroxylation is 2. The van der Waals surface area contributed by atoms with Gasteiger partial charge in [-0.25, -0.2) is 14.0 Å². The first-order valence-electron chi connectivity index (χ1n) is 12.1. The molecule has 0 amide bonds. The number of carboxylic acids is 2. The molecule has 1 saturated heterocycles. The molecule has 0 bridgehead atoms. The van der Waals surface area contributed by atoms with Gasteiger partial charge < -0.3 is 19.6 Å². The number of piperidine rings is 1. The van der Waals surface area contributed by atoms with Crippen LogP contribution in [0.25, 0.3) is 21.9 Å². The number of halogens is 1. The van der Waals surface area contributed by atoms with Crippen LogP contribution in [0.2, 0.25) is 0 Å². The van der Waals surface area contributed by atoms with Crippen molar-refractivity contribution in [1.29, 1.82) is 0 Å². The predicted molar refractivity (Wildman–Crippen MR) is 136 cm³/mol. The van der Waals surface area contributed by atoms with Crippen LogP contribution in [0.4, 0.5) is 4.39 Å². The molecule has 0 spiro atoms. The maximum absolute atomic E-state index is 13.3. The largest absolute Gasteiger partial charge is 0.478 e. The van der Waals surface area contributed by atoms with E-state index in [2.05, 4.69) is 46.1 Å². The number of likely N-dealkylation sites (tertiary alicyclic amines) is 1. The molecule has 0 radical (unpaired) electrons. The summed E-state index contributed by atoms with van der Waals surface area (Å²) in [5.41, 5.74) is 3.84. The van der Waals surface area contributed by atoms with Crippen molar-refractivity contribution >= 4 is 33.8 Å². The standard InChI is InChI=1S/C23H25FN4O.C4H4O4/c1-27-13-10-16(11-14-27)23-19-5-2-3-7-21(19)28(25-23)12-4-6-20-18-9-8-17(24)15-22(18)29-26-20;5-3(6)1-2-4(7)8/h2-3,5,7-9,15-16H,4,6,10-14H2,1H3;1-2H,(H,5,6)(H,7,8). The molecule has 2 aromatic heterocycles. The van der Waals surface area contributed by atoms with E-state index < -0.39 is 11.9 Å². The lowest BCUT2D eigenvalue weighted by molar-refractivity contribution is -0.134. The number of carboxylic acid groups (broad SMARTS) is 2. The third kappa shape index (κ3) is 6.59. The van der Waals surface area contributed by atoms with Crippen molar-refractivity contribution < 1.29 is 28.7 Å². The Balaban J connectivity index is 0.000000349. The molecule has 1 aliphatic heterocycles. The fourth-order valence-electron chi connectivity index (χ4n) is 4.59. The second-order valence-corrected chi connectivity index (χ2v) is 9.09. The summed E-state index contributed by atoms with van der Waals surface area (Å²) in [7, 11) is 2.19. The lowest BCUT2D eigenvalue weighted by Crippen LogP contribution is -2.29. The second kappa shape index (κ2) is 11.8. The Morgan fingerprint density at radius 1 is 1.08 bits per heavy atom. The monoisotopic (exact) mass is 508 g/mol. The van der Waals surface area contributed by atoms with E-state index in [0.29, 0.717) is 23.7 Å². The third-order valence-electron chi connectivity index (χ3n) is 6.45. The molecule has 1 fully saturated rings. The average molecular weight is 509 g/mol. The van der Waals surface area contributed by atoms with Gasteiger partial charge in [0.25, 0.3) is 0 Å². The summed E-state index contributed by atoms with van der Waals surface area (Å²) in [5.74, 6) is -2.28. The normalized spacial score (nSPS) is 14.8. The zero-order valence-electron chi connectivity index (χ0n) is 20.5. The van der Waals surface area contributed by atoms with Crippen LogP contribution in [0.5, 0.6) is 0 Å². The van der Waals surface area contributed by atoms with Crippen molar-refractivity contribution in [2.24, 2.45) is 0 Å². The molecule has 3 heterocycles. The highest BCUT2D eigenvalue weighted by molar-refractivity contribution is 5.89. The molecule has 9 nitrogen and oxygen atoms in total. The molecule has 0 atom stereocenters. The van der Waals surface area contributed by atoms with E-state index in [1.54, 1.807) is 6.07 Å². The van der Waals surface area contributed by atoms with E-state index in [9.17, 15) is 14.0 Å². The Morgan fingerprint density at radius 3 is 2.49 bits per heavy atom. The molecule has 1 aliphatic rings. The highest BCUT2D eigenvalue weighted by Crippen LogP contribution is 2.32. The molecule has 10 heteroatoms. The van der Waals surface area contributed by atoms with Crippen LogP contribution in [0.3, 0.4) is 0 Å². The number of fused-ring (bicyclic) bond motifs is 2. The summed E-state index contributed by atoms with van der Waals surface area (Å²) in [4.78, 5) is 21.5. The number of hydrogen-bond acceptors (Lipinski definition) is 6. The number of nitrogens with zero attached hydrogens (tertiary/aromatic N) is 4. The maximum atomic E-state index is 13.3. The summed E-state index contributed by atoms with van der Waals surface area (Å²) in [6.07, 6.45) is 5.12. The SMILES string of the molecule is CN1CCC(c2nn(CCCc3noc4cc(F)ccc34)c3ccccc23)CC1.O=C(O)C=CC(=O)O. The van der Waals surface area contributed by atoms with Gasteiger partial charge in [-0.1, -0.05) is 23.4 Å². The predicted octanol–water partition coefficient (Wildman–Crippen LogP) is 4.47. The number of benzene rings is 2. The van der Waals surface area contributed by atoms with E-state index in [0.717, 1.165) is 43.6 Å². The van der Waals surface area contributed by atoms with Crippen molar-refractivity contribution in [2.45, 2.75) is 38.1 Å². The lowest BCUT2D eigenvalue weighted by atomic mass is 9.92. The van der Waals surface area contributed by atoms with E-state index in [-0.39, 0.29) is 5.82 Å². The fourth-order valence-corrected chi connectivity index (χ4v) is 4.59. The minimum atomic E-state index is -1.26. The fraction of sp³-hybridized carbons (Fsp3) is 0.333. The Bertz CT molecular complexity index is 1400. The van der Waals surface area contributed by atoms with Gasteiger partial charge >= 0.3 is 11.9 Å². The van der Waals surface area contributed by atoms with Crippen LogP contribution >= 0.6 is 0 Å². The van der Waals surface area contributed by atoms with E-state index in [4.69, 9.17) is 19.8 Å². The number of aromatic nitrogens is 3. The van der Waals surface area contributed by atoms with Gasteiger partial charge in [0.1, 0.15) is 5.82 Å². The Morgan fingerprint density at radius 2 is 1.78 bits per heavy atom. The van der Waals surface area contributed by atoms with Gasteiger partial charge in [0, 0.05) is 41.5 Å². The van der Waals surface area contributed by atoms with Gasteiger partial charge in [0.15, 0.2) is 5.58 Å². The van der Waals surface area contributed by atoms with Crippen LogP contribution in [-0.4, -0.2) is 62.1 Å². The van der Waals surface area contributed by atoms with Crippen molar-refractivity contribution in [1.82, 2.24) is 19.8 Å². The molecule has 0 unspecified atom stereocenters. The minimum absolute atomic E-state index is 0.301. The van der Waals surface area contributed by atoms with Crippen LogP contribution in [-0.2, 0) is 22.6 Å². The number of para-hydroxylation sites is 1. The molecule has 0 aliphatic carbocycles. The van der Waals surface area contributed by atoms with Crippen LogP contribution in [0.1, 0.15) is 36.6 Å². The summed E-state index contributed by atoms with van der Waals surface area (Å²) >= 11 is 0. The first-order valence-corrected chi connectivity index (χ1v) is 12.1. The molecule has 0 saturated carbocycles. The maximum Gasteiger partial charge on any atom is 0.328 e. The third-order valence-corrected chi connectivity index (χ3v) is 6.45. The molecule has 4 aromatic rings. The van der Waals surface area contributed by atoms with Gasteiger partial charge in [0.2, 0.25) is 0 Å². The molecule has 194 valence electrons. The average Bonchev–Trinajstić information content (AvgIpc) is 3.45. The summed E-state index contributed by atoms with van der Waals surface area (Å²) in [5, 5.41) is 27.0. The quantitative estimate of drug-likeness (QED) is 0.351. The first kappa shape index (κ1) is 26.0. The lowest BCUT2D eigenvalue weighted by Gasteiger charge is -2.28. The van der Waals surface area contributed by atoms with Crippen molar-refractivity contribution in [3.05, 3.63) is 71.8 Å². The number of carbonyl (C=O) groups is 2. The van der Waals surface area contributed by atoms with Gasteiger partial charge in [-0.3, -0.25) is 4.68 Å². The highest BCUT2D eigenvalue weighted by Gasteiger charge is 2.23. The van der Waals surface area contributed by atoms with E-state index in [1.807, 2.05) is 0 Å². The first-order chi connectivity index (χ1) is 17.8. The topological polar surface area (TPSA) is 122 Å². The highest BCUT2D eigenvalue weighted by atomic mass is 19.1. The second-order valence-electron chi connectivity index (χ2n) is 9.09. The summed E-state index contributed by atoms with van der Waals surface area (Å²) in [6, 6.07) is 13.1. The molecule has 2 aromatic carbocycles. The zero-order chi connectivity index (χ0) is 26.4. The van der Waals surface area contributed by atoms with Gasteiger partial charge in [-0.15, -0.1) is 0 Å². The Hall–Kier alpha value is -4.05. The minimum Gasteiger partial charge on any atom is -0.478 e. The van der Waals surface area contributed by atoms with Crippen molar-refractivity contribution in [2.75, 3.05) is 20.1 Å². The van der Waals surface area contributed by atoms with Gasteiger partial charge in [0.05, 0.1) is 16.9 Å². The van der Waals surface area contributed by atoms with E-state index >= 15 is 0 Å². The Kier molecular flexibility index (Phi) is 8.29. The zero-order valence-corrected chi connectivity index (χ0v) is 20.5. The molecule has 5 rings (SSSR count).